The van der Waals surface area contributed by atoms with E-state index in [2.05, 4.69) is 19.1 Å². The van der Waals surface area contributed by atoms with Crippen molar-refractivity contribution in [3.8, 4) is 11.8 Å². The van der Waals surface area contributed by atoms with Gasteiger partial charge in [0.15, 0.2) is 0 Å². The van der Waals surface area contributed by atoms with Gasteiger partial charge in [-0.2, -0.15) is 13.2 Å². The molecule has 0 radical (unpaired) electrons. The maximum Gasteiger partial charge on any atom is 0.458 e. The number of alkyl halides is 3. The van der Waals surface area contributed by atoms with Crippen LogP contribution in [0.3, 0.4) is 0 Å². The van der Waals surface area contributed by atoms with E-state index in [1.807, 2.05) is 0 Å². The number of rotatable bonds is 9. The fourth-order valence-corrected chi connectivity index (χ4v) is 5.84. The number of halogens is 5. The van der Waals surface area contributed by atoms with Crippen LogP contribution in [-0.2, 0) is 0 Å². The van der Waals surface area contributed by atoms with Crippen molar-refractivity contribution in [3.05, 3.63) is 47.0 Å². The molecule has 0 N–H and O–H groups in total. The summed E-state index contributed by atoms with van der Waals surface area (Å²) in [6.45, 7) is 2.26. The molecule has 1 aromatic carbocycles. The molecule has 5 heteroatoms. The van der Waals surface area contributed by atoms with Crippen molar-refractivity contribution < 1.29 is 22.0 Å². The molecule has 0 aromatic heterocycles. The standard InChI is InChI=1S/C30H39F5/c1-2-3-4-7-22-10-12-23(13-11-22)8-5-6-9-24-14-16-25(17-15-24)26-20-28(31)27(29(32)21-26)18-19-30(33,34)35/h6,9,20-25H,2-5,7-8,10-17H2,1H3/b9-6+. The Kier molecular flexibility index (Phi) is 10.7. The molecule has 0 spiro atoms. The van der Waals surface area contributed by atoms with Crippen LogP contribution in [0.4, 0.5) is 22.0 Å². The molecule has 2 saturated carbocycles. The number of hydrogen-bond donors (Lipinski definition) is 0. The molecule has 2 aliphatic carbocycles. The highest BCUT2D eigenvalue weighted by molar-refractivity contribution is 5.40. The molecule has 2 fully saturated rings. The Labute approximate surface area is 207 Å². The second kappa shape index (κ2) is 13.5. The summed E-state index contributed by atoms with van der Waals surface area (Å²) in [5.74, 6) is 2.83. The first-order valence-corrected chi connectivity index (χ1v) is 13.5. The largest absolute Gasteiger partial charge is 0.458 e. The van der Waals surface area contributed by atoms with E-state index in [0.29, 0.717) is 11.5 Å². The highest BCUT2D eigenvalue weighted by atomic mass is 19.4. The SMILES string of the molecule is CCCCCC1CCC(CC/C=C/C2CCC(c3cc(F)c(C#CC(F)(F)F)c(F)c3)CC2)CC1. The molecule has 1 aromatic rings. The van der Waals surface area contributed by atoms with Crippen molar-refractivity contribution in [1.82, 2.24) is 0 Å². The van der Waals surface area contributed by atoms with E-state index in [1.165, 1.54) is 57.8 Å². The molecule has 194 valence electrons. The lowest BCUT2D eigenvalue weighted by Crippen LogP contribution is -2.14. The summed E-state index contributed by atoms with van der Waals surface area (Å²) >= 11 is 0. The van der Waals surface area contributed by atoms with Crippen molar-refractivity contribution in [3.63, 3.8) is 0 Å². The molecular formula is C30H39F5. The van der Waals surface area contributed by atoms with Crippen LogP contribution >= 0.6 is 0 Å². The van der Waals surface area contributed by atoms with E-state index in [0.717, 1.165) is 62.0 Å². The van der Waals surface area contributed by atoms with Gasteiger partial charge in [0.1, 0.15) is 11.6 Å². The van der Waals surface area contributed by atoms with Gasteiger partial charge in [0.05, 0.1) is 5.56 Å². The van der Waals surface area contributed by atoms with Gasteiger partial charge < -0.3 is 0 Å². The summed E-state index contributed by atoms with van der Waals surface area (Å²) in [6.07, 6.45) is 16.9. The Morgan fingerprint density at radius 2 is 1.46 bits per heavy atom. The second-order valence-corrected chi connectivity index (χ2v) is 10.6. The summed E-state index contributed by atoms with van der Waals surface area (Å²) < 4.78 is 65.3. The van der Waals surface area contributed by atoms with Crippen molar-refractivity contribution in [2.45, 2.75) is 109 Å². The third-order valence-electron chi connectivity index (χ3n) is 7.97. The monoisotopic (exact) mass is 494 g/mol. The summed E-state index contributed by atoms with van der Waals surface area (Å²) in [5.41, 5.74) is -0.294. The van der Waals surface area contributed by atoms with E-state index in [4.69, 9.17) is 0 Å². The fourth-order valence-electron chi connectivity index (χ4n) is 5.84. The predicted molar refractivity (Wildman–Crippen MR) is 132 cm³/mol. The smallest absolute Gasteiger partial charge is 0.206 e. The summed E-state index contributed by atoms with van der Waals surface area (Å²) in [6, 6.07) is 2.31. The van der Waals surface area contributed by atoms with Crippen LogP contribution in [0.1, 0.15) is 114 Å². The van der Waals surface area contributed by atoms with E-state index in [-0.39, 0.29) is 5.92 Å². The zero-order valence-electron chi connectivity index (χ0n) is 20.9. The van der Waals surface area contributed by atoms with Gasteiger partial charge in [-0.1, -0.05) is 76.4 Å². The lowest BCUT2D eigenvalue weighted by atomic mass is 9.77. The predicted octanol–water partition coefficient (Wildman–Crippen LogP) is 9.88. The van der Waals surface area contributed by atoms with Crippen LogP contribution in [-0.4, -0.2) is 6.18 Å². The van der Waals surface area contributed by atoms with Gasteiger partial charge in [-0.3, -0.25) is 0 Å². The Hall–Kier alpha value is -1.83. The minimum absolute atomic E-state index is 0.0285. The van der Waals surface area contributed by atoms with Crippen molar-refractivity contribution in [1.29, 1.82) is 0 Å². The van der Waals surface area contributed by atoms with Gasteiger partial charge in [0.25, 0.3) is 0 Å². The molecular weight excluding hydrogens is 455 g/mol. The molecule has 0 bridgehead atoms. The number of unbranched alkanes of at least 4 members (excludes halogenated alkanes) is 2. The highest BCUT2D eigenvalue weighted by Gasteiger charge is 2.25. The van der Waals surface area contributed by atoms with Crippen LogP contribution in [0.25, 0.3) is 0 Å². The second-order valence-electron chi connectivity index (χ2n) is 10.6. The maximum atomic E-state index is 14.2. The first kappa shape index (κ1) is 27.8. The normalized spacial score (nSPS) is 25.4. The number of benzene rings is 1. The van der Waals surface area contributed by atoms with Crippen LogP contribution in [0, 0.1) is 41.2 Å². The molecule has 0 aliphatic heterocycles. The quantitative estimate of drug-likeness (QED) is 0.139. The first-order chi connectivity index (χ1) is 16.7. The molecule has 0 atom stereocenters. The molecule has 0 amide bonds. The Bertz CT molecular complexity index is 849. The van der Waals surface area contributed by atoms with E-state index >= 15 is 0 Å². The topological polar surface area (TPSA) is 0 Å². The van der Waals surface area contributed by atoms with E-state index in [9.17, 15) is 22.0 Å². The van der Waals surface area contributed by atoms with Gasteiger partial charge in [0.2, 0.25) is 0 Å². The maximum absolute atomic E-state index is 14.2. The molecule has 0 unspecified atom stereocenters. The molecule has 0 nitrogen and oxygen atoms in total. The van der Waals surface area contributed by atoms with Crippen LogP contribution in [0.2, 0.25) is 0 Å². The lowest BCUT2D eigenvalue weighted by molar-refractivity contribution is -0.0696. The average molecular weight is 495 g/mol. The molecule has 35 heavy (non-hydrogen) atoms. The molecule has 3 rings (SSSR count). The third-order valence-corrected chi connectivity index (χ3v) is 7.97. The lowest BCUT2D eigenvalue weighted by Gasteiger charge is -2.28. The molecule has 2 aliphatic rings. The van der Waals surface area contributed by atoms with Crippen LogP contribution < -0.4 is 0 Å². The van der Waals surface area contributed by atoms with Gasteiger partial charge in [-0.15, -0.1) is 0 Å². The summed E-state index contributed by atoms with van der Waals surface area (Å²) in [4.78, 5) is 0. The van der Waals surface area contributed by atoms with Crippen LogP contribution in [0.5, 0.6) is 0 Å². The average Bonchev–Trinajstić information content (AvgIpc) is 2.82. The van der Waals surface area contributed by atoms with Crippen molar-refractivity contribution in [2.75, 3.05) is 0 Å². The molecule has 0 heterocycles. The van der Waals surface area contributed by atoms with E-state index in [1.54, 1.807) is 5.92 Å². The number of hydrogen-bond acceptors (Lipinski definition) is 0. The van der Waals surface area contributed by atoms with Gasteiger partial charge in [0, 0.05) is 5.92 Å². The minimum atomic E-state index is -4.78. The van der Waals surface area contributed by atoms with Crippen molar-refractivity contribution >= 4 is 0 Å². The zero-order valence-corrected chi connectivity index (χ0v) is 20.9. The third kappa shape index (κ3) is 9.28. The Balaban J connectivity index is 1.39. The van der Waals surface area contributed by atoms with E-state index < -0.39 is 23.4 Å². The fraction of sp³-hybridized carbons (Fsp3) is 0.667. The van der Waals surface area contributed by atoms with Crippen LogP contribution in [0.15, 0.2) is 24.3 Å². The zero-order chi connectivity index (χ0) is 25.3. The molecule has 0 saturated heterocycles. The van der Waals surface area contributed by atoms with Gasteiger partial charge in [-0.25, -0.2) is 8.78 Å². The summed E-state index contributed by atoms with van der Waals surface area (Å²) in [7, 11) is 0. The summed E-state index contributed by atoms with van der Waals surface area (Å²) in [5, 5.41) is 0. The van der Waals surface area contributed by atoms with Gasteiger partial charge in [-0.05, 0) is 79.9 Å². The number of allylic oxidation sites excluding steroid dienone is 2. The van der Waals surface area contributed by atoms with Crippen molar-refractivity contribution in [2.24, 2.45) is 17.8 Å². The Morgan fingerprint density at radius 1 is 0.857 bits per heavy atom. The minimum Gasteiger partial charge on any atom is -0.206 e. The first-order valence-electron chi connectivity index (χ1n) is 13.5. The highest BCUT2D eigenvalue weighted by Crippen LogP contribution is 2.38. The Morgan fingerprint density at radius 3 is 2.03 bits per heavy atom. The van der Waals surface area contributed by atoms with Gasteiger partial charge >= 0.3 is 6.18 Å².